The van der Waals surface area contributed by atoms with Gasteiger partial charge in [0.25, 0.3) is 0 Å². The maximum Gasteiger partial charge on any atom is 0.242 e. The van der Waals surface area contributed by atoms with Gasteiger partial charge in [-0.05, 0) is 42.9 Å². The van der Waals surface area contributed by atoms with Gasteiger partial charge in [0.05, 0.1) is 16.7 Å². The molecule has 1 aromatic rings. The van der Waals surface area contributed by atoms with Crippen LogP contribution in [0, 0.1) is 23.2 Å². The zero-order valence-corrected chi connectivity index (χ0v) is 12.8. The number of nitrogens with zero attached hydrogens (tertiary/aromatic N) is 1. The van der Waals surface area contributed by atoms with Crippen molar-refractivity contribution >= 4 is 21.6 Å². The maximum atomic E-state index is 12.3. The van der Waals surface area contributed by atoms with E-state index in [2.05, 4.69) is 11.6 Å². The average molecular weight is 313 g/mol. The molecule has 0 spiro atoms. The van der Waals surface area contributed by atoms with Gasteiger partial charge in [-0.3, -0.25) is 0 Å². The monoisotopic (exact) mass is 312 g/mol. The minimum atomic E-state index is -3.66. The van der Waals surface area contributed by atoms with Crippen molar-refractivity contribution in [3.63, 3.8) is 0 Å². The molecule has 6 heteroatoms. The molecule has 1 aliphatic carbocycles. The predicted octanol–water partition coefficient (Wildman–Crippen LogP) is 2.93. The SMILES string of the molecule is CC1CCC(CNS(=O)(=O)c2cc(C#N)ccc2Cl)C1. The van der Waals surface area contributed by atoms with Crippen LogP contribution in [0.15, 0.2) is 23.1 Å². The standard InChI is InChI=1S/C14H17ClN2O2S/c1-10-2-3-12(6-10)9-17-20(18,19)14-7-11(8-16)4-5-13(14)15/h4-5,7,10,12,17H,2-3,6,9H2,1H3. The van der Waals surface area contributed by atoms with Crippen LogP contribution in [0.1, 0.15) is 31.7 Å². The zero-order chi connectivity index (χ0) is 14.8. The summed E-state index contributed by atoms with van der Waals surface area (Å²) in [5.41, 5.74) is 0.282. The van der Waals surface area contributed by atoms with Crippen LogP contribution in [0.3, 0.4) is 0 Å². The Labute approximate surface area is 124 Å². The van der Waals surface area contributed by atoms with Crippen molar-refractivity contribution in [1.29, 1.82) is 5.26 Å². The molecule has 0 aliphatic heterocycles. The van der Waals surface area contributed by atoms with E-state index in [0.717, 1.165) is 19.3 Å². The summed E-state index contributed by atoms with van der Waals surface area (Å²) in [5, 5.41) is 8.98. The highest BCUT2D eigenvalue weighted by atomic mass is 35.5. The molecular weight excluding hydrogens is 296 g/mol. The van der Waals surface area contributed by atoms with E-state index in [1.807, 2.05) is 6.07 Å². The van der Waals surface area contributed by atoms with Crippen LogP contribution in [0.4, 0.5) is 0 Å². The topological polar surface area (TPSA) is 70.0 Å². The van der Waals surface area contributed by atoms with Gasteiger partial charge in [-0.2, -0.15) is 5.26 Å². The lowest BCUT2D eigenvalue weighted by Gasteiger charge is -2.12. The van der Waals surface area contributed by atoms with Gasteiger partial charge in [0, 0.05) is 6.54 Å². The first-order valence-corrected chi connectivity index (χ1v) is 8.48. The van der Waals surface area contributed by atoms with Crippen LogP contribution < -0.4 is 4.72 Å². The van der Waals surface area contributed by atoms with Gasteiger partial charge in [0.2, 0.25) is 10.0 Å². The molecule has 0 saturated heterocycles. The molecule has 2 rings (SSSR count). The van der Waals surface area contributed by atoms with E-state index >= 15 is 0 Å². The lowest BCUT2D eigenvalue weighted by molar-refractivity contribution is 0.498. The third kappa shape index (κ3) is 3.51. The van der Waals surface area contributed by atoms with Crippen molar-refractivity contribution in [1.82, 2.24) is 4.72 Å². The molecule has 1 aliphatic rings. The van der Waals surface area contributed by atoms with E-state index in [9.17, 15) is 8.42 Å². The van der Waals surface area contributed by atoms with Crippen LogP contribution in [0.2, 0.25) is 5.02 Å². The maximum absolute atomic E-state index is 12.3. The number of halogens is 1. The molecule has 4 nitrogen and oxygen atoms in total. The number of benzene rings is 1. The first kappa shape index (κ1) is 15.3. The van der Waals surface area contributed by atoms with Gasteiger partial charge in [-0.1, -0.05) is 24.9 Å². The summed E-state index contributed by atoms with van der Waals surface area (Å²) in [6.45, 7) is 2.61. The van der Waals surface area contributed by atoms with Crippen molar-refractivity contribution in [2.45, 2.75) is 31.1 Å². The van der Waals surface area contributed by atoms with Crippen molar-refractivity contribution in [3.8, 4) is 6.07 Å². The normalized spacial score (nSPS) is 22.6. The number of hydrogen-bond acceptors (Lipinski definition) is 3. The quantitative estimate of drug-likeness (QED) is 0.929. The van der Waals surface area contributed by atoms with Gasteiger partial charge >= 0.3 is 0 Å². The molecular formula is C14H17ClN2O2S. The third-order valence-electron chi connectivity index (χ3n) is 3.72. The minimum absolute atomic E-state index is 0.0238. The molecule has 1 aromatic carbocycles. The fraction of sp³-hybridized carbons (Fsp3) is 0.500. The van der Waals surface area contributed by atoms with Gasteiger partial charge in [-0.15, -0.1) is 0 Å². The highest BCUT2D eigenvalue weighted by Gasteiger charge is 2.24. The first-order valence-electron chi connectivity index (χ1n) is 6.61. The van der Waals surface area contributed by atoms with E-state index in [1.165, 1.54) is 18.2 Å². The second-order valence-electron chi connectivity index (χ2n) is 5.39. The molecule has 1 fully saturated rings. The summed E-state index contributed by atoms with van der Waals surface area (Å²) in [4.78, 5) is -0.0238. The zero-order valence-electron chi connectivity index (χ0n) is 11.3. The van der Waals surface area contributed by atoms with Crippen molar-refractivity contribution in [2.24, 2.45) is 11.8 Å². The molecule has 0 bridgehead atoms. The Hall–Kier alpha value is -1.09. The van der Waals surface area contributed by atoms with Gasteiger partial charge < -0.3 is 0 Å². The van der Waals surface area contributed by atoms with Crippen LogP contribution in [0.25, 0.3) is 0 Å². The fourth-order valence-corrected chi connectivity index (χ4v) is 4.23. The van der Waals surface area contributed by atoms with E-state index in [1.54, 1.807) is 0 Å². The second-order valence-corrected chi connectivity index (χ2v) is 7.54. The number of rotatable bonds is 4. The van der Waals surface area contributed by atoms with E-state index in [4.69, 9.17) is 16.9 Å². The molecule has 1 saturated carbocycles. The van der Waals surface area contributed by atoms with E-state index < -0.39 is 10.0 Å². The molecule has 108 valence electrons. The molecule has 0 radical (unpaired) electrons. The number of sulfonamides is 1. The summed E-state index contributed by atoms with van der Waals surface area (Å²) < 4.78 is 27.1. The molecule has 2 unspecified atom stereocenters. The van der Waals surface area contributed by atoms with Crippen LogP contribution in [-0.2, 0) is 10.0 Å². The lowest BCUT2D eigenvalue weighted by Crippen LogP contribution is -2.29. The third-order valence-corrected chi connectivity index (χ3v) is 5.62. The molecule has 0 heterocycles. The highest BCUT2D eigenvalue weighted by Crippen LogP contribution is 2.30. The molecule has 2 atom stereocenters. The summed E-state index contributed by atoms with van der Waals surface area (Å²) in [7, 11) is -3.66. The molecule has 0 aromatic heterocycles. The lowest BCUT2D eigenvalue weighted by atomic mass is 10.1. The Kier molecular flexibility index (Phi) is 4.69. The molecule has 1 N–H and O–H groups in total. The average Bonchev–Trinajstić information content (AvgIpc) is 2.83. The van der Waals surface area contributed by atoms with Crippen molar-refractivity contribution in [2.75, 3.05) is 6.54 Å². The fourth-order valence-electron chi connectivity index (χ4n) is 2.59. The summed E-state index contributed by atoms with van der Waals surface area (Å²) in [6.07, 6.45) is 3.25. The predicted molar refractivity (Wildman–Crippen MR) is 77.9 cm³/mol. The minimum Gasteiger partial charge on any atom is -0.211 e. The Balaban J connectivity index is 2.12. The number of nitriles is 1. The van der Waals surface area contributed by atoms with Crippen molar-refractivity contribution < 1.29 is 8.42 Å². The Bertz CT molecular complexity index is 637. The van der Waals surface area contributed by atoms with Crippen molar-refractivity contribution in [3.05, 3.63) is 28.8 Å². The first-order chi connectivity index (χ1) is 9.42. The Morgan fingerprint density at radius 1 is 1.45 bits per heavy atom. The summed E-state index contributed by atoms with van der Waals surface area (Å²) in [5.74, 6) is 1.05. The second kappa shape index (κ2) is 6.13. The van der Waals surface area contributed by atoms with E-state index in [-0.39, 0.29) is 15.5 Å². The smallest absolute Gasteiger partial charge is 0.211 e. The Morgan fingerprint density at radius 3 is 2.80 bits per heavy atom. The van der Waals surface area contributed by atoms with Gasteiger partial charge in [0.1, 0.15) is 4.90 Å². The number of hydrogen-bond donors (Lipinski definition) is 1. The summed E-state index contributed by atoms with van der Waals surface area (Å²) in [6, 6.07) is 6.16. The van der Waals surface area contributed by atoms with Gasteiger partial charge in [-0.25, -0.2) is 13.1 Å². The van der Waals surface area contributed by atoms with Crippen LogP contribution >= 0.6 is 11.6 Å². The largest absolute Gasteiger partial charge is 0.242 e. The van der Waals surface area contributed by atoms with Gasteiger partial charge in [0.15, 0.2) is 0 Å². The number of nitrogens with one attached hydrogen (secondary N) is 1. The molecule has 0 amide bonds. The van der Waals surface area contributed by atoms with Crippen LogP contribution in [0.5, 0.6) is 0 Å². The highest BCUT2D eigenvalue weighted by molar-refractivity contribution is 7.89. The summed E-state index contributed by atoms with van der Waals surface area (Å²) >= 11 is 5.93. The van der Waals surface area contributed by atoms with E-state index in [0.29, 0.717) is 18.4 Å². The van der Waals surface area contributed by atoms with Crippen LogP contribution in [-0.4, -0.2) is 15.0 Å². The Morgan fingerprint density at radius 2 is 2.20 bits per heavy atom. The molecule has 20 heavy (non-hydrogen) atoms.